The van der Waals surface area contributed by atoms with Crippen LogP contribution in [-0.2, 0) is 24.7 Å². The summed E-state index contributed by atoms with van der Waals surface area (Å²) in [6.45, 7) is 4.61. The quantitative estimate of drug-likeness (QED) is 0.210. The first kappa shape index (κ1) is 30.8. The standard InChI is InChI=1S/C29H31N3O8S2/c1-18(2)26(29(34)35)32(42(38,39)22-15-13-21(14-16-22)20-9-6-5-7-10-20)31-28(33)27-19(3)25-23(30-17-41(4,36)37)11-8-12-24(25)40-27/h5-16,18,26,30H,17H2,1-4H3,(H,31,33)(H,34,35). The van der Waals surface area contributed by atoms with Crippen molar-refractivity contribution in [1.29, 1.82) is 0 Å². The van der Waals surface area contributed by atoms with Crippen molar-refractivity contribution in [3.63, 3.8) is 0 Å². The van der Waals surface area contributed by atoms with E-state index in [1.807, 2.05) is 30.3 Å². The SMILES string of the molecule is Cc1c(C(=O)NN(C(C(=O)O)C(C)C)S(=O)(=O)c2ccc(-c3ccccc3)cc2)oc2cccc(NCS(C)(=O)=O)c12. The van der Waals surface area contributed by atoms with E-state index in [1.54, 1.807) is 37.3 Å². The van der Waals surface area contributed by atoms with Gasteiger partial charge in [0, 0.05) is 22.9 Å². The molecule has 42 heavy (non-hydrogen) atoms. The Balaban J connectivity index is 1.73. The van der Waals surface area contributed by atoms with Crippen LogP contribution in [0.25, 0.3) is 22.1 Å². The van der Waals surface area contributed by atoms with E-state index < -0.39 is 43.7 Å². The highest BCUT2D eigenvalue weighted by Gasteiger charge is 2.40. The first-order valence-electron chi connectivity index (χ1n) is 12.9. The van der Waals surface area contributed by atoms with Crippen molar-refractivity contribution < 1.29 is 35.9 Å². The fraction of sp³-hybridized carbons (Fsp3) is 0.241. The summed E-state index contributed by atoms with van der Waals surface area (Å²) >= 11 is 0. The van der Waals surface area contributed by atoms with Crippen molar-refractivity contribution in [2.45, 2.75) is 31.7 Å². The number of aliphatic carboxylic acids is 1. The van der Waals surface area contributed by atoms with E-state index >= 15 is 0 Å². The molecular weight excluding hydrogens is 582 g/mol. The molecule has 1 amide bonds. The number of hydrogen-bond donors (Lipinski definition) is 3. The van der Waals surface area contributed by atoms with Gasteiger partial charge in [-0.25, -0.2) is 16.8 Å². The first-order valence-corrected chi connectivity index (χ1v) is 16.4. The van der Waals surface area contributed by atoms with Crippen LogP contribution in [0, 0.1) is 12.8 Å². The molecule has 0 aliphatic heterocycles. The number of benzene rings is 3. The van der Waals surface area contributed by atoms with Crippen molar-refractivity contribution in [3.05, 3.63) is 84.1 Å². The molecule has 11 nitrogen and oxygen atoms in total. The van der Waals surface area contributed by atoms with Crippen LogP contribution < -0.4 is 10.7 Å². The highest BCUT2D eigenvalue weighted by molar-refractivity contribution is 7.90. The van der Waals surface area contributed by atoms with Gasteiger partial charge < -0.3 is 14.8 Å². The number of amides is 1. The number of sulfonamides is 1. The molecule has 4 aromatic rings. The molecule has 222 valence electrons. The number of hydrogen-bond acceptors (Lipinski definition) is 8. The monoisotopic (exact) mass is 613 g/mol. The fourth-order valence-corrected chi connectivity index (χ4v) is 6.49. The molecule has 0 spiro atoms. The molecule has 0 aliphatic carbocycles. The lowest BCUT2D eigenvalue weighted by atomic mass is 10.1. The minimum Gasteiger partial charge on any atom is -0.480 e. The molecule has 0 aliphatic rings. The number of furan rings is 1. The Bertz CT molecular complexity index is 1830. The van der Waals surface area contributed by atoms with Gasteiger partial charge in [0.05, 0.1) is 4.90 Å². The Morgan fingerprint density at radius 1 is 0.905 bits per heavy atom. The Morgan fingerprint density at radius 2 is 1.52 bits per heavy atom. The number of carboxylic acid groups (broad SMARTS) is 1. The van der Waals surface area contributed by atoms with Gasteiger partial charge in [0.15, 0.2) is 15.6 Å². The second kappa shape index (κ2) is 12.0. The van der Waals surface area contributed by atoms with E-state index in [0.717, 1.165) is 17.4 Å². The summed E-state index contributed by atoms with van der Waals surface area (Å²) in [6.07, 6.45) is 1.07. The summed E-state index contributed by atoms with van der Waals surface area (Å²) in [7, 11) is -7.94. The average Bonchev–Trinajstić information content (AvgIpc) is 3.28. The molecule has 0 radical (unpaired) electrons. The van der Waals surface area contributed by atoms with Crippen molar-refractivity contribution in [1.82, 2.24) is 9.84 Å². The number of carbonyl (C=O) groups excluding carboxylic acids is 1. The maximum atomic E-state index is 13.8. The number of sulfone groups is 1. The van der Waals surface area contributed by atoms with E-state index in [-0.39, 0.29) is 22.1 Å². The Hall–Kier alpha value is -4.20. The maximum absolute atomic E-state index is 13.8. The van der Waals surface area contributed by atoms with E-state index in [4.69, 9.17) is 4.42 Å². The molecule has 1 heterocycles. The van der Waals surface area contributed by atoms with Gasteiger partial charge in [-0.1, -0.05) is 66.8 Å². The normalized spacial score (nSPS) is 12.9. The summed E-state index contributed by atoms with van der Waals surface area (Å²) in [6, 6.07) is 18.3. The molecule has 0 saturated carbocycles. The molecule has 4 rings (SSSR count). The lowest BCUT2D eigenvalue weighted by molar-refractivity contribution is -0.143. The Morgan fingerprint density at radius 3 is 2.10 bits per heavy atom. The Kier molecular flexibility index (Phi) is 8.76. The second-order valence-corrected chi connectivity index (χ2v) is 14.1. The predicted octanol–water partition coefficient (Wildman–Crippen LogP) is 4.27. The van der Waals surface area contributed by atoms with E-state index in [1.165, 1.54) is 26.0 Å². The maximum Gasteiger partial charge on any atom is 0.324 e. The predicted molar refractivity (Wildman–Crippen MR) is 159 cm³/mol. The largest absolute Gasteiger partial charge is 0.480 e. The minimum absolute atomic E-state index is 0.219. The van der Waals surface area contributed by atoms with Crippen LogP contribution in [0.3, 0.4) is 0 Å². The van der Waals surface area contributed by atoms with Crippen LogP contribution in [0.5, 0.6) is 0 Å². The van der Waals surface area contributed by atoms with Crippen LogP contribution in [-0.4, -0.2) is 56.4 Å². The molecule has 1 atom stereocenters. The summed E-state index contributed by atoms with van der Waals surface area (Å²) < 4.78 is 57.2. The molecule has 0 fully saturated rings. The molecular formula is C29H31N3O8S2. The van der Waals surface area contributed by atoms with Crippen molar-refractivity contribution in [2.24, 2.45) is 5.92 Å². The number of hydrazine groups is 1. The topological polar surface area (TPSA) is 163 Å². The van der Waals surface area contributed by atoms with Gasteiger partial charge in [0.25, 0.3) is 10.0 Å². The van der Waals surface area contributed by atoms with E-state index in [9.17, 15) is 31.5 Å². The van der Waals surface area contributed by atoms with Crippen molar-refractivity contribution in [3.8, 4) is 11.1 Å². The van der Waals surface area contributed by atoms with Crippen LogP contribution in [0.4, 0.5) is 5.69 Å². The number of nitrogens with zero attached hydrogens (tertiary/aromatic N) is 1. The lowest BCUT2D eigenvalue weighted by Gasteiger charge is -2.30. The molecule has 1 unspecified atom stereocenters. The number of rotatable bonds is 11. The van der Waals surface area contributed by atoms with Gasteiger partial charge in [-0.3, -0.25) is 15.0 Å². The zero-order valence-electron chi connectivity index (χ0n) is 23.4. The summed E-state index contributed by atoms with van der Waals surface area (Å²) in [5.41, 5.74) is 4.84. The van der Waals surface area contributed by atoms with E-state index in [2.05, 4.69) is 10.7 Å². The van der Waals surface area contributed by atoms with Gasteiger partial charge in [-0.2, -0.15) is 0 Å². The van der Waals surface area contributed by atoms with Crippen LogP contribution >= 0.6 is 0 Å². The van der Waals surface area contributed by atoms with E-state index in [0.29, 0.717) is 21.1 Å². The molecule has 1 aromatic heterocycles. The number of anilines is 1. The highest BCUT2D eigenvalue weighted by Crippen LogP contribution is 2.32. The zero-order chi connectivity index (χ0) is 30.8. The molecule has 0 saturated heterocycles. The van der Waals surface area contributed by atoms with Crippen molar-refractivity contribution >= 4 is 48.4 Å². The minimum atomic E-state index is -4.57. The van der Waals surface area contributed by atoms with Gasteiger partial charge in [-0.15, -0.1) is 0 Å². The third kappa shape index (κ3) is 6.48. The van der Waals surface area contributed by atoms with Gasteiger partial charge in [-0.05, 0) is 48.2 Å². The lowest BCUT2D eigenvalue weighted by Crippen LogP contribution is -2.56. The summed E-state index contributed by atoms with van der Waals surface area (Å²) in [5, 5.41) is 13.2. The van der Waals surface area contributed by atoms with Gasteiger partial charge in [0.1, 0.15) is 17.5 Å². The van der Waals surface area contributed by atoms with Gasteiger partial charge in [0.2, 0.25) is 0 Å². The van der Waals surface area contributed by atoms with Crippen LogP contribution in [0.15, 0.2) is 82.1 Å². The zero-order valence-corrected chi connectivity index (χ0v) is 25.0. The Labute approximate surface area is 244 Å². The molecule has 3 N–H and O–H groups in total. The smallest absolute Gasteiger partial charge is 0.324 e. The second-order valence-electron chi connectivity index (χ2n) is 10.1. The summed E-state index contributed by atoms with van der Waals surface area (Å²) in [4.78, 5) is 25.6. The highest BCUT2D eigenvalue weighted by atomic mass is 32.2. The average molecular weight is 614 g/mol. The fourth-order valence-electron chi connectivity index (χ4n) is 4.53. The van der Waals surface area contributed by atoms with Crippen LogP contribution in [0.2, 0.25) is 0 Å². The number of carboxylic acids is 1. The third-order valence-electron chi connectivity index (χ3n) is 6.55. The molecule has 3 aromatic carbocycles. The molecule has 13 heteroatoms. The van der Waals surface area contributed by atoms with Gasteiger partial charge >= 0.3 is 11.9 Å². The van der Waals surface area contributed by atoms with Crippen LogP contribution in [0.1, 0.15) is 30.0 Å². The number of nitrogens with one attached hydrogen (secondary N) is 2. The third-order valence-corrected chi connectivity index (χ3v) is 8.92. The summed E-state index contributed by atoms with van der Waals surface area (Å²) in [5.74, 6) is -3.80. The van der Waals surface area contributed by atoms with Crippen molar-refractivity contribution in [2.75, 3.05) is 17.4 Å². The number of aryl methyl sites for hydroxylation is 1. The first-order chi connectivity index (χ1) is 19.7. The number of carbonyl (C=O) groups is 2. The number of fused-ring (bicyclic) bond motifs is 1. The molecule has 0 bridgehead atoms.